The molecule has 2 rings (SSSR count). The Kier molecular flexibility index (Phi) is 5.43. The van der Waals surface area contributed by atoms with Crippen LogP contribution < -0.4 is 10.6 Å². The van der Waals surface area contributed by atoms with Gasteiger partial charge >= 0.3 is 0 Å². The van der Waals surface area contributed by atoms with E-state index in [0.717, 1.165) is 4.90 Å². The third kappa shape index (κ3) is 3.41. The van der Waals surface area contributed by atoms with E-state index in [1.807, 2.05) is 18.4 Å². The zero-order chi connectivity index (χ0) is 16.1. The molecule has 0 saturated carbocycles. The van der Waals surface area contributed by atoms with Gasteiger partial charge in [0, 0.05) is 25.0 Å². The molecule has 0 spiro atoms. The van der Waals surface area contributed by atoms with Gasteiger partial charge in [0.15, 0.2) is 0 Å². The number of carbonyl (C=O) groups excluding carboxylic acids is 3. The SMILES string of the molecule is CNC(=O)C[C@H]1C(=O)NCCN1C(=O)c1ccccc1SC. The van der Waals surface area contributed by atoms with Crippen LogP contribution in [0.4, 0.5) is 0 Å². The van der Waals surface area contributed by atoms with Crippen molar-refractivity contribution in [2.45, 2.75) is 17.4 Å². The number of rotatable bonds is 4. The molecule has 2 N–H and O–H groups in total. The summed E-state index contributed by atoms with van der Waals surface area (Å²) in [6, 6.07) is 6.52. The van der Waals surface area contributed by atoms with Crippen molar-refractivity contribution in [2.24, 2.45) is 0 Å². The maximum Gasteiger partial charge on any atom is 0.255 e. The highest BCUT2D eigenvalue weighted by molar-refractivity contribution is 7.98. The summed E-state index contributed by atoms with van der Waals surface area (Å²) < 4.78 is 0. The third-order valence-corrected chi connectivity index (χ3v) is 4.38. The molecule has 0 unspecified atom stereocenters. The van der Waals surface area contributed by atoms with Crippen LogP contribution in [0.1, 0.15) is 16.8 Å². The van der Waals surface area contributed by atoms with Crippen molar-refractivity contribution in [1.82, 2.24) is 15.5 Å². The summed E-state index contributed by atoms with van der Waals surface area (Å²) in [5.74, 6) is -0.767. The maximum atomic E-state index is 12.8. The molecule has 1 saturated heterocycles. The van der Waals surface area contributed by atoms with E-state index < -0.39 is 6.04 Å². The molecule has 22 heavy (non-hydrogen) atoms. The van der Waals surface area contributed by atoms with Crippen molar-refractivity contribution in [1.29, 1.82) is 0 Å². The highest BCUT2D eigenvalue weighted by Crippen LogP contribution is 2.23. The lowest BCUT2D eigenvalue weighted by molar-refractivity contribution is -0.132. The predicted molar refractivity (Wildman–Crippen MR) is 84.7 cm³/mol. The van der Waals surface area contributed by atoms with E-state index in [1.54, 1.807) is 12.1 Å². The maximum absolute atomic E-state index is 12.8. The van der Waals surface area contributed by atoms with Crippen LogP contribution in [-0.4, -0.2) is 55.1 Å². The van der Waals surface area contributed by atoms with Crippen LogP contribution in [0.15, 0.2) is 29.2 Å². The van der Waals surface area contributed by atoms with Crippen LogP contribution in [0.3, 0.4) is 0 Å². The van der Waals surface area contributed by atoms with Gasteiger partial charge in [0.05, 0.1) is 12.0 Å². The van der Waals surface area contributed by atoms with E-state index in [-0.39, 0.29) is 24.1 Å². The Morgan fingerprint density at radius 2 is 2.14 bits per heavy atom. The molecular formula is C15H19N3O3S. The molecule has 7 heteroatoms. The average Bonchev–Trinajstić information content (AvgIpc) is 2.55. The number of nitrogens with one attached hydrogen (secondary N) is 2. The van der Waals surface area contributed by atoms with E-state index >= 15 is 0 Å². The largest absolute Gasteiger partial charge is 0.359 e. The van der Waals surface area contributed by atoms with E-state index in [4.69, 9.17) is 0 Å². The Balaban J connectivity index is 2.28. The molecule has 0 aliphatic carbocycles. The monoisotopic (exact) mass is 321 g/mol. The fraction of sp³-hybridized carbons (Fsp3) is 0.400. The Bertz CT molecular complexity index is 591. The molecule has 1 aromatic rings. The molecule has 6 nitrogen and oxygen atoms in total. The Morgan fingerprint density at radius 1 is 1.41 bits per heavy atom. The number of carbonyl (C=O) groups is 3. The highest BCUT2D eigenvalue weighted by atomic mass is 32.2. The molecule has 1 fully saturated rings. The molecule has 1 aliphatic rings. The van der Waals surface area contributed by atoms with Crippen molar-refractivity contribution >= 4 is 29.5 Å². The van der Waals surface area contributed by atoms with Crippen molar-refractivity contribution in [3.8, 4) is 0 Å². The summed E-state index contributed by atoms with van der Waals surface area (Å²) in [5.41, 5.74) is 0.562. The van der Waals surface area contributed by atoms with Gasteiger partial charge in [-0.1, -0.05) is 12.1 Å². The average molecular weight is 321 g/mol. The van der Waals surface area contributed by atoms with Crippen LogP contribution in [0.25, 0.3) is 0 Å². The molecule has 0 aromatic heterocycles. The smallest absolute Gasteiger partial charge is 0.255 e. The van der Waals surface area contributed by atoms with Crippen LogP contribution in [0.2, 0.25) is 0 Å². The number of hydrogen-bond donors (Lipinski definition) is 2. The van der Waals surface area contributed by atoms with Crippen molar-refractivity contribution in [3.63, 3.8) is 0 Å². The summed E-state index contributed by atoms with van der Waals surface area (Å²) in [7, 11) is 1.51. The van der Waals surface area contributed by atoms with Gasteiger partial charge in [0.1, 0.15) is 6.04 Å². The van der Waals surface area contributed by atoms with Crippen molar-refractivity contribution < 1.29 is 14.4 Å². The lowest BCUT2D eigenvalue weighted by Crippen LogP contribution is -2.58. The second-order valence-electron chi connectivity index (χ2n) is 4.88. The minimum absolute atomic E-state index is 0.0322. The molecule has 3 amide bonds. The summed E-state index contributed by atoms with van der Waals surface area (Å²) in [6.45, 7) is 0.797. The molecule has 0 radical (unpaired) electrons. The zero-order valence-electron chi connectivity index (χ0n) is 12.6. The molecular weight excluding hydrogens is 302 g/mol. The van der Waals surface area contributed by atoms with Gasteiger partial charge < -0.3 is 15.5 Å². The Labute approximate surface area is 133 Å². The minimum Gasteiger partial charge on any atom is -0.359 e. The summed E-state index contributed by atoms with van der Waals surface area (Å²) in [6.07, 6.45) is 1.87. The fourth-order valence-corrected chi connectivity index (χ4v) is 3.00. The first-order chi connectivity index (χ1) is 10.6. The standard InChI is InChI=1S/C15H19N3O3S/c1-16-13(19)9-11-14(20)17-7-8-18(11)15(21)10-5-3-4-6-12(10)22-2/h3-6,11H,7-9H2,1-2H3,(H,16,19)(H,17,20)/t11-/m0/s1. The lowest BCUT2D eigenvalue weighted by atomic mass is 10.1. The van der Waals surface area contributed by atoms with Crippen LogP contribution in [0, 0.1) is 0 Å². The minimum atomic E-state index is -0.767. The van der Waals surface area contributed by atoms with Gasteiger partial charge in [-0.3, -0.25) is 14.4 Å². The molecule has 1 atom stereocenters. The van der Waals surface area contributed by atoms with Gasteiger partial charge in [-0.25, -0.2) is 0 Å². The summed E-state index contributed by atoms with van der Waals surface area (Å²) >= 11 is 1.48. The number of benzene rings is 1. The first kappa shape index (κ1) is 16.4. The van der Waals surface area contributed by atoms with Gasteiger partial charge in [0.2, 0.25) is 11.8 Å². The first-order valence-electron chi connectivity index (χ1n) is 7.00. The van der Waals surface area contributed by atoms with E-state index in [9.17, 15) is 14.4 Å². The van der Waals surface area contributed by atoms with Gasteiger partial charge in [0.25, 0.3) is 5.91 Å². The van der Waals surface area contributed by atoms with E-state index in [1.165, 1.54) is 23.7 Å². The van der Waals surface area contributed by atoms with Gasteiger partial charge in [-0.15, -0.1) is 11.8 Å². The fourth-order valence-electron chi connectivity index (χ4n) is 2.41. The molecule has 0 bridgehead atoms. The molecule has 1 heterocycles. The van der Waals surface area contributed by atoms with E-state index in [0.29, 0.717) is 18.7 Å². The van der Waals surface area contributed by atoms with Crippen LogP contribution >= 0.6 is 11.8 Å². The van der Waals surface area contributed by atoms with Crippen molar-refractivity contribution in [3.05, 3.63) is 29.8 Å². The quantitative estimate of drug-likeness (QED) is 0.791. The normalized spacial score (nSPS) is 17.8. The van der Waals surface area contributed by atoms with Gasteiger partial charge in [-0.05, 0) is 18.4 Å². The number of nitrogens with zero attached hydrogens (tertiary/aromatic N) is 1. The topological polar surface area (TPSA) is 78.5 Å². The van der Waals surface area contributed by atoms with Gasteiger partial charge in [-0.2, -0.15) is 0 Å². The molecule has 1 aliphatic heterocycles. The number of hydrogen-bond acceptors (Lipinski definition) is 4. The molecule has 1 aromatic carbocycles. The summed E-state index contributed by atoms with van der Waals surface area (Å²) in [5, 5.41) is 5.20. The lowest BCUT2D eigenvalue weighted by Gasteiger charge is -2.35. The second kappa shape index (κ2) is 7.31. The Morgan fingerprint density at radius 3 is 2.82 bits per heavy atom. The van der Waals surface area contributed by atoms with Crippen LogP contribution in [0.5, 0.6) is 0 Å². The van der Waals surface area contributed by atoms with E-state index in [2.05, 4.69) is 10.6 Å². The zero-order valence-corrected chi connectivity index (χ0v) is 13.4. The summed E-state index contributed by atoms with van der Waals surface area (Å²) in [4.78, 5) is 38.8. The third-order valence-electron chi connectivity index (χ3n) is 3.59. The number of amides is 3. The Hall–Kier alpha value is -2.02. The first-order valence-corrected chi connectivity index (χ1v) is 8.23. The van der Waals surface area contributed by atoms with Crippen LogP contribution in [-0.2, 0) is 9.59 Å². The number of thioether (sulfide) groups is 1. The molecule has 118 valence electrons. The highest BCUT2D eigenvalue weighted by Gasteiger charge is 2.35. The second-order valence-corrected chi connectivity index (χ2v) is 5.73. The number of piperazine rings is 1. The van der Waals surface area contributed by atoms with Crippen molar-refractivity contribution in [2.75, 3.05) is 26.4 Å². The predicted octanol–water partition coefficient (Wildman–Crippen LogP) is 0.485.